The molecule has 0 bridgehead atoms. The number of hydrogen-bond acceptors (Lipinski definition) is 5. The van der Waals surface area contributed by atoms with Gasteiger partial charge in [-0.1, -0.05) is 0 Å². The van der Waals surface area contributed by atoms with E-state index in [0.717, 1.165) is 24.6 Å². The van der Waals surface area contributed by atoms with Crippen molar-refractivity contribution in [3.05, 3.63) is 40.0 Å². The molecule has 6 heteroatoms. The number of carbonyl (C=O) groups excluding carboxylic acids is 1. The molecule has 0 saturated carbocycles. The molecule has 1 aliphatic heterocycles. The van der Waals surface area contributed by atoms with Crippen LogP contribution in [0.5, 0.6) is 5.75 Å². The summed E-state index contributed by atoms with van der Waals surface area (Å²) in [6.07, 6.45) is 2.39. The zero-order chi connectivity index (χ0) is 16.2. The molecule has 1 amide bonds. The average Bonchev–Trinajstić information content (AvgIpc) is 3.28. The summed E-state index contributed by atoms with van der Waals surface area (Å²) < 4.78 is 11.0. The van der Waals surface area contributed by atoms with Gasteiger partial charge in [0.25, 0.3) is 5.91 Å². The van der Waals surface area contributed by atoms with E-state index in [9.17, 15) is 4.79 Å². The third-order valence-corrected chi connectivity index (χ3v) is 5.08. The largest absolute Gasteiger partial charge is 0.495 e. The summed E-state index contributed by atoms with van der Waals surface area (Å²) in [5, 5.41) is 4.90. The van der Waals surface area contributed by atoms with E-state index in [-0.39, 0.29) is 11.9 Å². The van der Waals surface area contributed by atoms with E-state index in [1.165, 1.54) is 24.2 Å². The molecule has 0 aliphatic carbocycles. The van der Waals surface area contributed by atoms with Gasteiger partial charge in [0.2, 0.25) is 0 Å². The lowest BCUT2D eigenvalue weighted by Crippen LogP contribution is -2.36. The Labute approximate surface area is 140 Å². The normalized spacial score (nSPS) is 16.4. The lowest BCUT2D eigenvalue weighted by Gasteiger charge is -2.26. The predicted octanol–water partition coefficient (Wildman–Crippen LogP) is 3.23. The Morgan fingerprint density at radius 1 is 1.39 bits per heavy atom. The van der Waals surface area contributed by atoms with E-state index in [4.69, 9.17) is 9.15 Å². The molecular weight excluding hydrogens is 312 g/mol. The molecule has 1 atom stereocenters. The summed E-state index contributed by atoms with van der Waals surface area (Å²) in [6.45, 7) is 4.57. The number of thiophene rings is 1. The van der Waals surface area contributed by atoms with Crippen LogP contribution in [0.4, 0.5) is 0 Å². The summed E-state index contributed by atoms with van der Waals surface area (Å²) in [5.74, 6) is 2.35. The maximum absolute atomic E-state index is 12.4. The van der Waals surface area contributed by atoms with Gasteiger partial charge in [0.15, 0.2) is 0 Å². The molecule has 1 fully saturated rings. The number of hydrogen-bond donors (Lipinski definition) is 1. The fourth-order valence-electron chi connectivity index (χ4n) is 2.99. The van der Waals surface area contributed by atoms with Crippen molar-refractivity contribution < 1.29 is 13.9 Å². The highest BCUT2D eigenvalue weighted by molar-refractivity contribution is 7.12. The van der Waals surface area contributed by atoms with Gasteiger partial charge in [-0.25, -0.2) is 0 Å². The van der Waals surface area contributed by atoms with Crippen LogP contribution < -0.4 is 10.1 Å². The van der Waals surface area contributed by atoms with E-state index in [1.54, 1.807) is 7.11 Å². The second-order valence-corrected chi connectivity index (χ2v) is 6.65. The van der Waals surface area contributed by atoms with Gasteiger partial charge in [0, 0.05) is 6.54 Å². The van der Waals surface area contributed by atoms with Gasteiger partial charge >= 0.3 is 0 Å². The fourth-order valence-corrected chi connectivity index (χ4v) is 3.76. The minimum Gasteiger partial charge on any atom is -0.495 e. The van der Waals surface area contributed by atoms with E-state index in [2.05, 4.69) is 10.2 Å². The van der Waals surface area contributed by atoms with Crippen molar-refractivity contribution in [2.24, 2.45) is 0 Å². The monoisotopic (exact) mass is 334 g/mol. The SMILES string of the molecule is COc1ccsc1C(=O)NCC(c1ccc(C)o1)N1CCCC1. The van der Waals surface area contributed by atoms with Crippen molar-refractivity contribution in [2.75, 3.05) is 26.7 Å². The van der Waals surface area contributed by atoms with Gasteiger partial charge in [-0.3, -0.25) is 9.69 Å². The highest BCUT2D eigenvalue weighted by atomic mass is 32.1. The van der Waals surface area contributed by atoms with Crippen LogP contribution in [-0.2, 0) is 0 Å². The number of ether oxygens (including phenoxy) is 1. The van der Waals surface area contributed by atoms with Crippen molar-refractivity contribution in [1.82, 2.24) is 10.2 Å². The first-order chi connectivity index (χ1) is 11.2. The van der Waals surface area contributed by atoms with Crippen molar-refractivity contribution in [2.45, 2.75) is 25.8 Å². The highest BCUT2D eigenvalue weighted by Gasteiger charge is 2.27. The van der Waals surface area contributed by atoms with Crippen molar-refractivity contribution in [1.29, 1.82) is 0 Å². The molecule has 124 valence electrons. The number of nitrogens with one attached hydrogen (secondary N) is 1. The third kappa shape index (κ3) is 3.59. The molecule has 23 heavy (non-hydrogen) atoms. The van der Waals surface area contributed by atoms with E-state index in [0.29, 0.717) is 17.2 Å². The maximum atomic E-state index is 12.4. The van der Waals surface area contributed by atoms with Crippen LogP contribution in [-0.4, -0.2) is 37.6 Å². The minimum atomic E-state index is -0.0932. The molecule has 1 N–H and O–H groups in total. The van der Waals surface area contributed by atoms with Gasteiger partial charge in [0.05, 0.1) is 13.2 Å². The first-order valence-corrected chi connectivity index (χ1v) is 8.77. The standard InChI is InChI=1S/C17H22N2O3S/c1-12-5-6-14(22-12)13(19-8-3-4-9-19)11-18-17(20)16-15(21-2)7-10-23-16/h5-7,10,13H,3-4,8-9,11H2,1-2H3,(H,18,20). The molecule has 0 radical (unpaired) electrons. The Hall–Kier alpha value is -1.79. The maximum Gasteiger partial charge on any atom is 0.265 e. The smallest absolute Gasteiger partial charge is 0.265 e. The summed E-state index contributed by atoms with van der Waals surface area (Å²) >= 11 is 1.39. The quantitative estimate of drug-likeness (QED) is 0.881. The summed E-state index contributed by atoms with van der Waals surface area (Å²) in [4.78, 5) is 15.4. The van der Waals surface area contributed by atoms with Crippen LogP contribution in [0.1, 0.15) is 40.1 Å². The second kappa shape index (κ2) is 7.19. The van der Waals surface area contributed by atoms with Crippen LogP contribution in [0.25, 0.3) is 0 Å². The minimum absolute atomic E-state index is 0.0844. The number of aryl methyl sites for hydroxylation is 1. The number of furan rings is 1. The van der Waals surface area contributed by atoms with Crippen molar-refractivity contribution in [3.63, 3.8) is 0 Å². The first-order valence-electron chi connectivity index (χ1n) is 7.89. The van der Waals surface area contributed by atoms with E-state index in [1.807, 2.05) is 30.5 Å². The summed E-state index contributed by atoms with van der Waals surface area (Å²) in [5.41, 5.74) is 0. The third-order valence-electron chi connectivity index (χ3n) is 4.18. The molecule has 2 aromatic rings. The summed E-state index contributed by atoms with van der Waals surface area (Å²) in [6, 6.07) is 5.88. The number of methoxy groups -OCH3 is 1. The molecule has 5 nitrogen and oxygen atoms in total. The van der Waals surface area contributed by atoms with Crippen molar-refractivity contribution >= 4 is 17.2 Å². The summed E-state index contributed by atoms with van der Waals surface area (Å²) in [7, 11) is 1.58. The molecule has 3 rings (SSSR count). The van der Waals surface area contributed by atoms with Crippen LogP contribution in [0, 0.1) is 6.92 Å². The van der Waals surface area contributed by atoms with Gasteiger partial charge < -0.3 is 14.5 Å². The lowest BCUT2D eigenvalue weighted by molar-refractivity contribution is 0.0935. The first kappa shape index (κ1) is 16.1. The van der Waals surface area contributed by atoms with Gasteiger partial charge in [-0.2, -0.15) is 0 Å². The number of rotatable bonds is 6. The molecular formula is C17H22N2O3S. The molecule has 0 aromatic carbocycles. The average molecular weight is 334 g/mol. The van der Waals surface area contributed by atoms with Crippen LogP contribution in [0.2, 0.25) is 0 Å². The fraction of sp³-hybridized carbons (Fsp3) is 0.471. The highest BCUT2D eigenvalue weighted by Crippen LogP contribution is 2.27. The van der Waals surface area contributed by atoms with E-state index < -0.39 is 0 Å². The zero-order valence-electron chi connectivity index (χ0n) is 13.5. The number of amides is 1. The number of nitrogens with zero attached hydrogens (tertiary/aromatic N) is 1. The van der Waals surface area contributed by atoms with Gasteiger partial charge in [0.1, 0.15) is 22.1 Å². The van der Waals surface area contributed by atoms with Gasteiger partial charge in [-0.15, -0.1) is 11.3 Å². The van der Waals surface area contributed by atoms with E-state index >= 15 is 0 Å². The Morgan fingerprint density at radius 3 is 2.83 bits per heavy atom. The molecule has 3 heterocycles. The Kier molecular flexibility index (Phi) is 5.03. The molecule has 0 spiro atoms. The second-order valence-electron chi connectivity index (χ2n) is 5.74. The molecule has 2 aromatic heterocycles. The molecule has 1 aliphatic rings. The Bertz CT molecular complexity index is 658. The van der Waals surface area contributed by atoms with Crippen LogP contribution in [0.15, 0.2) is 28.0 Å². The zero-order valence-corrected chi connectivity index (χ0v) is 14.3. The van der Waals surface area contributed by atoms with Crippen LogP contribution in [0.3, 0.4) is 0 Å². The van der Waals surface area contributed by atoms with Crippen molar-refractivity contribution in [3.8, 4) is 5.75 Å². The van der Waals surface area contributed by atoms with Crippen LogP contribution >= 0.6 is 11.3 Å². The Balaban J connectivity index is 1.70. The number of carbonyl (C=O) groups is 1. The molecule has 1 saturated heterocycles. The molecule has 1 unspecified atom stereocenters. The van der Waals surface area contributed by atoms with Gasteiger partial charge in [-0.05, 0) is 56.4 Å². The number of likely N-dealkylation sites (tertiary alicyclic amines) is 1. The Morgan fingerprint density at radius 2 is 2.17 bits per heavy atom. The lowest BCUT2D eigenvalue weighted by atomic mass is 10.2. The topological polar surface area (TPSA) is 54.7 Å². The predicted molar refractivity (Wildman–Crippen MR) is 90.2 cm³/mol.